The van der Waals surface area contributed by atoms with Crippen LogP contribution in [-0.2, 0) is 21.9 Å². The Bertz CT molecular complexity index is 686. The fourth-order valence-corrected chi connectivity index (χ4v) is 4.37. The highest BCUT2D eigenvalue weighted by molar-refractivity contribution is 7.88. The lowest BCUT2D eigenvalue weighted by molar-refractivity contribution is -0.118. The fourth-order valence-electron chi connectivity index (χ4n) is 3.45. The van der Waals surface area contributed by atoms with E-state index in [-0.39, 0.29) is 18.5 Å². The highest BCUT2D eigenvalue weighted by atomic mass is 32.2. The molecule has 3 fully saturated rings. The van der Waals surface area contributed by atoms with E-state index in [1.165, 1.54) is 6.26 Å². The summed E-state index contributed by atoms with van der Waals surface area (Å²) in [7, 11) is -1.38. The maximum Gasteiger partial charge on any atom is 0.239 e. The molecule has 23 heavy (non-hydrogen) atoms. The van der Waals surface area contributed by atoms with E-state index in [0.29, 0.717) is 24.8 Å². The van der Waals surface area contributed by atoms with Crippen molar-refractivity contribution < 1.29 is 13.2 Å². The van der Waals surface area contributed by atoms with E-state index in [9.17, 15) is 13.2 Å². The summed E-state index contributed by atoms with van der Waals surface area (Å²) in [6.45, 7) is 2.08. The van der Waals surface area contributed by atoms with Crippen LogP contribution in [0.2, 0.25) is 0 Å². The molecule has 3 aliphatic rings. The third-order valence-corrected chi connectivity index (χ3v) is 5.83. The van der Waals surface area contributed by atoms with Gasteiger partial charge in [-0.25, -0.2) is 12.7 Å². The lowest BCUT2D eigenvalue weighted by Crippen LogP contribution is -2.47. The summed E-state index contributed by atoms with van der Waals surface area (Å²) >= 11 is 0. The van der Waals surface area contributed by atoms with E-state index >= 15 is 0 Å². The van der Waals surface area contributed by atoms with Crippen molar-refractivity contribution in [2.45, 2.75) is 18.9 Å². The van der Waals surface area contributed by atoms with Crippen molar-refractivity contribution >= 4 is 21.7 Å². The number of hydrogen-bond acceptors (Lipinski definition) is 5. The van der Waals surface area contributed by atoms with Crippen molar-refractivity contribution in [2.24, 2.45) is 13.0 Å². The first-order valence-corrected chi connectivity index (χ1v) is 9.65. The van der Waals surface area contributed by atoms with Crippen molar-refractivity contribution in [3.05, 3.63) is 12.3 Å². The Hall–Kier alpha value is -1.45. The molecule has 0 radical (unpaired) electrons. The number of aromatic nitrogens is 2. The molecule has 0 unspecified atom stereocenters. The molecular formula is C14H23N5O3S. The second-order valence-corrected chi connectivity index (χ2v) is 8.51. The number of amides is 1. The van der Waals surface area contributed by atoms with Crippen LogP contribution in [0.4, 0.5) is 5.82 Å². The van der Waals surface area contributed by atoms with Gasteiger partial charge in [0, 0.05) is 45.0 Å². The fraction of sp³-hybridized carbons (Fsp3) is 0.714. The van der Waals surface area contributed by atoms with Crippen LogP contribution in [-0.4, -0.2) is 71.8 Å². The summed E-state index contributed by atoms with van der Waals surface area (Å²) in [6.07, 6.45) is 4.99. The predicted molar refractivity (Wildman–Crippen MR) is 86.3 cm³/mol. The van der Waals surface area contributed by atoms with Gasteiger partial charge in [0.2, 0.25) is 15.9 Å². The average molecular weight is 341 g/mol. The lowest BCUT2D eigenvalue weighted by Gasteiger charge is -2.35. The Morgan fingerprint density at radius 2 is 2.13 bits per heavy atom. The first-order valence-electron chi connectivity index (χ1n) is 7.80. The third kappa shape index (κ3) is 3.91. The van der Waals surface area contributed by atoms with Crippen LogP contribution in [0.25, 0.3) is 0 Å². The number of carbonyl (C=O) groups excluding carboxylic acids is 1. The molecular weight excluding hydrogens is 318 g/mol. The summed E-state index contributed by atoms with van der Waals surface area (Å²) in [5.74, 6) is 0.725. The quantitative estimate of drug-likeness (QED) is 0.813. The zero-order valence-electron chi connectivity index (χ0n) is 13.5. The number of rotatable bonds is 4. The smallest absolute Gasteiger partial charge is 0.239 e. The molecule has 0 aromatic carbocycles. The molecule has 9 heteroatoms. The van der Waals surface area contributed by atoms with E-state index in [2.05, 4.69) is 15.3 Å². The first kappa shape index (κ1) is 16.4. The van der Waals surface area contributed by atoms with Gasteiger partial charge in [-0.1, -0.05) is 0 Å². The maximum absolute atomic E-state index is 12.2. The molecule has 8 nitrogen and oxygen atoms in total. The van der Waals surface area contributed by atoms with Crippen molar-refractivity contribution in [1.29, 1.82) is 0 Å². The number of piperidine rings is 1. The molecule has 1 aromatic heterocycles. The zero-order valence-corrected chi connectivity index (χ0v) is 14.3. The van der Waals surface area contributed by atoms with E-state index in [1.807, 2.05) is 0 Å². The maximum atomic E-state index is 12.2. The minimum Gasteiger partial charge on any atom is -0.308 e. The minimum atomic E-state index is -3.18. The molecule has 4 rings (SSSR count). The van der Waals surface area contributed by atoms with E-state index in [1.54, 1.807) is 28.3 Å². The van der Waals surface area contributed by atoms with Gasteiger partial charge in [0.15, 0.2) is 5.82 Å². The Balaban J connectivity index is 1.63. The molecule has 1 N–H and O–H groups in total. The highest BCUT2D eigenvalue weighted by Crippen LogP contribution is 2.28. The molecule has 0 spiro atoms. The SMILES string of the molecule is Cn1ccc(NC(=O)CN2C[C@@H]3CC[C@H]2CN(S(C)(=O)=O)C3)n1. The number of carbonyl (C=O) groups is 1. The molecule has 0 aliphatic carbocycles. The molecule has 3 saturated heterocycles. The highest BCUT2D eigenvalue weighted by Gasteiger charge is 2.38. The number of anilines is 1. The van der Waals surface area contributed by atoms with Crippen molar-refractivity contribution in [3.63, 3.8) is 0 Å². The Labute approximate surface area is 136 Å². The van der Waals surface area contributed by atoms with Crippen LogP contribution in [0.5, 0.6) is 0 Å². The van der Waals surface area contributed by atoms with Gasteiger partial charge in [0.1, 0.15) is 0 Å². The standard InChI is InChI=1S/C14H23N5O3S/c1-17-6-5-13(16-17)15-14(20)10-18-7-11-3-4-12(18)9-19(8-11)23(2,21)22/h5-6,11-12H,3-4,7-10H2,1-2H3,(H,15,16,20)/t11-,12-/m0/s1. The van der Waals surface area contributed by atoms with Gasteiger partial charge in [-0.3, -0.25) is 14.4 Å². The van der Waals surface area contributed by atoms with Crippen LogP contribution in [0.3, 0.4) is 0 Å². The number of hydrogen-bond donors (Lipinski definition) is 1. The topological polar surface area (TPSA) is 87.5 Å². The van der Waals surface area contributed by atoms with Crippen LogP contribution in [0.1, 0.15) is 12.8 Å². The third-order valence-electron chi connectivity index (χ3n) is 4.59. The largest absolute Gasteiger partial charge is 0.308 e. The summed E-state index contributed by atoms with van der Waals surface area (Å²) in [5.41, 5.74) is 0. The van der Waals surface area contributed by atoms with Crippen molar-refractivity contribution in [1.82, 2.24) is 19.0 Å². The molecule has 2 atom stereocenters. The Kier molecular flexibility index (Phi) is 4.43. The van der Waals surface area contributed by atoms with Crippen LogP contribution < -0.4 is 5.32 Å². The Morgan fingerprint density at radius 1 is 1.35 bits per heavy atom. The normalized spacial score (nSPS) is 26.2. The molecule has 1 aromatic rings. The number of nitrogens with one attached hydrogen (secondary N) is 1. The van der Waals surface area contributed by atoms with Gasteiger partial charge in [-0.05, 0) is 18.8 Å². The van der Waals surface area contributed by atoms with Gasteiger partial charge in [0.05, 0.1) is 12.8 Å². The Morgan fingerprint density at radius 3 is 2.78 bits per heavy atom. The van der Waals surface area contributed by atoms with E-state index < -0.39 is 10.0 Å². The van der Waals surface area contributed by atoms with Crippen molar-refractivity contribution in [2.75, 3.05) is 37.8 Å². The summed E-state index contributed by atoms with van der Waals surface area (Å²) < 4.78 is 26.9. The van der Waals surface area contributed by atoms with E-state index in [0.717, 1.165) is 19.4 Å². The van der Waals surface area contributed by atoms with Crippen LogP contribution in [0, 0.1) is 5.92 Å². The second kappa shape index (κ2) is 6.21. The van der Waals surface area contributed by atoms with Gasteiger partial charge < -0.3 is 5.32 Å². The summed E-state index contributed by atoms with van der Waals surface area (Å²) in [4.78, 5) is 14.3. The van der Waals surface area contributed by atoms with Gasteiger partial charge >= 0.3 is 0 Å². The lowest BCUT2D eigenvalue weighted by atomic mass is 9.95. The van der Waals surface area contributed by atoms with Gasteiger partial charge in [0.25, 0.3) is 0 Å². The number of aryl methyl sites for hydroxylation is 1. The monoisotopic (exact) mass is 341 g/mol. The molecule has 128 valence electrons. The van der Waals surface area contributed by atoms with Crippen LogP contribution >= 0.6 is 0 Å². The van der Waals surface area contributed by atoms with Gasteiger partial charge in [-0.2, -0.15) is 5.10 Å². The predicted octanol–water partition coefficient (Wildman–Crippen LogP) is -0.286. The molecule has 2 bridgehead atoms. The first-order chi connectivity index (χ1) is 10.8. The molecule has 3 aliphatic heterocycles. The van der Waals surface area contributed by atoms with Crippen molar-refractivity contribution in [3.8, 4) is 0 Å². The number of fused-ring (bicyclic) bond motifs is 4. The minimum absolute atomic E-state index is 0.109. The molecule has 1 amide bonds. The summed E-state index contributed by atoms with van der Waals surface area (Å²) in [6, 6.07) is 1.86. The number of nitrogens with zero attached hydrogens (tertiary/aromatic N) is 4. The molecule has 4 heterocycles. The van der Waals surface area contributed by atoms with E-state index in [4.69, 9.17) is 0 Å². The summed E-state index contributed by atoms with van der Waals surface area (Å²) in [5, 5.41) is 6.92. The molecule has 0 saturated carbocycles. The number of sulfonamides is 1. The van der Waals surface area contributed by atoms with Crippen LogP contribution in [0.15, 0.2) is 12.3 Å². The zero-order chi connectivity index (χ0) is 16.6. The van der Waals surface area contributed by atoms with Gasteiger partial charge in [-0.15, -0.1) is 0 Å². The average Bonchev–Trinajstić information content (AvgIpc) is 2.67. The second-order valence-electron chi connectivity index (χ2n) is 6.53.